The second kappa shape index (κ2) is 8.11. The van der Waals surface area contributed by atoms with E-state index in [4.69, 9.17) is 5.26 Å². The van der Waals surface area contributed by atoms with Gasteiger partial charge < -0.3 is 10.6 Å². The Morgan fingerprint density at radius 3 is 2.57 bits per heavy atom. The van der Waals surface area contributed by atoms with Crippen molar-refractivity contribution in [1.29, 1.82) is 5.26 Å². The van der Waals surface area contributed by atoms with Gasteiger partial charge in [-0.25, -0.2) is 0 Å². The van der Waals surface area contributed by atoms with Crippen LogP contribution >= 0.6 is 0 Å². The van der Waals surface area contributed by atoms with E-state index in [-0.39, 0.29) is 17.5 Å². The lowest BCUT2D eigenvalue weighted by Gasteiger charge is -2.15. The Bertz CT molecular complexity index is 555. The van der Waals surface area contributed by atoms with Crippen molar-refractivity contribution in [2.24, 2.45) is 0 Å². The summed E-state index contributed by atoms with van der Waals surface area (Å²) in [6, 6.07) is 9.87. The Balaban J connectivity index is 2.93. The van der Waals surface area contributed by atoms with Crippen LogP contribution in [0.3, 0.4) is 0 Å². The number of rotatable bonds is 6. The van der Waals surface area contributed by atoms with Crippen LogP contribution in [0.25, 0.3) is 0 Å². The van der Waals surface area contributed by atoms with Gasteiger partial charge in [-0.15, -0.1) is 0 Å². The summed E-state index contributed by atoms with van der Waals surface area (Å²) in [5.74, 6) is 0.0538. The first-order chi connectivity index (χ1) is 9.99. The molecule has 0 saturated heterocycles. The molecule has 1 aromatic carbocycles. The molecule has 1 unspecified atom stereocenters. The van der Waals surface area contributed by atoms with Gasteiger partial charge >= 0.3 is 0 Å². The molecule has 1 aromatic rings. The van der Waals surface area contributed by atoms with Gasteiger partial charge in [-0.05, 0) is 37.8 Å². The molecular weight excluding hydrogens is 262 g/mol. The first-order valence-corrected chi connectivity index (χ1v) is 7.26. The number of hydrogen-bond donors (Lipinski definition) is 2. The fourth-order valence-electron chi connectivity index (χ4n) is 1.92. The number of hydrogen-bond acceptors (Lipinski definition) is 3. The summed E-state index contributed by atoms with van der Waals surface area (Å²) in [6.45, 7) is 8.01. The van der Waals surface area contributed by atoms with E-state index in [1.54, 1.807) is 0 Å². The highest BCUT2D eigenvalue weighted by atomic mass is 16.1. The van der Waals surface area contributed by atoms with Crippen molar-refractivity contribution < 1.29 is 4.79 Å². The molecule has 4 nitrogen and oxygen atoms in total. The van der Waals surface area contributed by atoms with Crippen LogP contribution in [0, 0.1) is 11.3 Å². The molecule has 0 aromatic heterocycles. The van der Waals surface area contributed by atoms with Crippen molar-refractivity contribution >= 4 is 11.6 Å². The average molecular weight is 285 g/mol. The van der Waals surface area contributed by atoms with E-state index in [9.17, 15) is 4.79 Å². The quantitative estimate of drug-likeness (QED) is 0.620. The normalized spacial score (nSPS) is 12.7. The Hall–Kier alpha value is -2.28. The third kappa shape index (κ3) is 4.96. The van der Waals surface area contributed by atoms with Crippen molar-refractivity contribution in [1.82, 2.24) is 5.32 Å². The van der Waals surface area contributed by atoms with Gasteiger partial charge in [0.05, 0.1) is 0 Å². The number of benzene rings is 1. The SMILES string of the molecule is CCC(C)c1ccccc1N/C=C(/C#N)C(=O)NC(C)C. The summed E-state index contributed by atoms with van der Waals surface area (Å²) in [7, 11) is 0. The number of anilines is 1. The number of carbonyl (C=O) groups is 1. The number of amides is 1. The summed E-state index contributed by atoms with van der Waals surface area (Å²) in [5.41, 5.74) is 2.18. The lowest BCUT2D eigenvalue weighted by molar-refractivity contribution is -0.117. The third-order valence-electron chi connectivity index (χ3n) is 3.26. The van der Waals surface area contributed by atoms with Crippen LogP contribution in [0.5, 0.6) is 0 Å². The molecule has 0 saturated carbocycles. The number of carbonyl (C=O) groups excluding carboxylic acids is 1. The van der Waals surface area contributed by atoms with Crippen LogP contribution in [0.1, 0.15) is 45.6 Å². The summed E-state index contributed by atoms with van der Waals surface area (Å²) in [6.07, 6.45) is 2.50. The van der Waals surface area contributed by atoms with Crippen molar-refractivity contribution in [2.75, 3.05) is 5.32 Å². The molecule has 112 valence electrons. The van der Waals surface area contributed by atoms with Crippen molar-refractivity contribution in [3.63, 3.8) is 0 Å². The van der Waals surface area contributed by atoms with Gasteiger partial charge in [-0.2, -0.15) is 5.26 Å². The highest BCUT2D eigenvalue weighted by molar-refractivity contribution is 5.97. The maximum absolute atomic E-state index is 11.8. The molecule has 4 heteroatoms. The van der Waals surface area contributed by atoms with E-state index < -0.39 is 0 Å². The minimum atomic E-state index is -0.360. The predicted molar refractivity (Wildman–Crippen MR) is 85.7 cm³/mol. The zero-order valence-electron chi connectivity index (χ0n) is 13.1. The molecule has 1 atom stereocenters. The molecule has 0 aliphatic carbocycles. The van der Waals surface area contributed by atoms with E-state index in [1.165, 1.54) is 11.8 Å². The topological polar surface area (TPSA) is 64.9 Å². The molecule has 1 amide bonds. The number of nitrogens with zero attached hydrogens (tertiary/aromatic N) is 1. The molecule has 0 aliphatic rings. The largest absolute Gasteiger partial charge is 0.360 e. The molecule has 0 heterocycles. The maximum atomic E-state index is 11.8. The second-order valence-corrected chi connectivity index (χ2v) is 5.34. The Kier molecular flexibility index (Phi) is 6.48. The Morgan fingerprint density at radius 1 is 1.33 bits per heavy atom. The van der Waals surface area contributed by atoms with E-state index in [0.717, 1.165) is 12.1 Å². The van der Waals surface area contributed by atoms with Gasteiger partial charge in [-0.1, -0.05) is 32.0 Å². The van der Waals surface area contributed by atoms with Crippen LogP contribution in [0.4, 0.5) is 5.69 Å². The summed E-state index contributed by atoms with van der Waals surface area (Å²) in [4.78, 5) is 11.8. The van der Waals surface area contributed by atoms with E-state index >= 15 is 0 Å². The van der Waals surface area contributed by atoms with Gasteiger partial charge in [0.15, 0.2) is 0 Å². The van der Waals surface area contributed by atoms with Crippen LogP contribution in [-0.2, 0) is 4.79 Å². The first kappa shape index (κ1) is 16.8. The van der Waals surface area contributed by atoms with Crippen molar-refractivity contribution in [3.05, 3.63) is 41.6 Å². The molecular formula is C17H23N3O. The zero-order valence-corrected chi connectivity index (χ0v) is 13.1. The van der Waals surface area contributed by atoms with E-state index in [0.29, 0.717) is 5.92 Å². The van der Waals surface area contributed by atoms with Gasteiger partial charge in [0, 0.05) is 17.9 Å². The molecule has 1 rings (SSSR count). The maximum Gasteiger partial charge on any atom is 0.263 e. The second-order valence-electron chi connectivity index (χ2n) is 5.34. The minimum Gasteiger partial charge on any atom is -0.360 e. The van der Waals surface area contributed by atoms with Gasteiger partial charge in [0.25, 0.3) is 5.91 Å². The fourth-order valence-corrected chi connectivity index (χ4v) is 1.92. The van der Waals surface area contributed by atoms with Crippen LogP contribution < -0.4 is 10.6 Å². The Labute approximate surface area is 126 Å². The van der Waals surface area contributed by atoms with Gasteiger partial charge in [0.1, 0.15) is 11.6 Å². The molecule has 0 bridgehead atoms. The lowest BCUT2D eigenvalue weighted by atomic mass is 9.97. The van der Waals surface area contributed by atoms with Crippen LogP contribution in [-0.4, -0.2) is 11.9 Å². The first-order valence-electron chi connectivity index (χ1n) is 7.26. The third-order valence-corrected chi connectivity index (χ3v) is 3.26. The average Bonchev–Trinajstić information content (AvgIpc) is 2.46. The standard InChI is InChI=1S/C17H23N3O/c1-5-13(4)15-8-6-7-9-16(15)19-11-14(10-18)17(21)20-12(2)3/h6-9,11-13,19H,5H2,1-4H3,(H,20,21)/b14-11-. The van der Waals surface area contributed by atoms with Gasteiger partial charge in [-0.3, -0.25) is 4.79 Å². The molecule has 21 heavy (non-hydrogen) atoms. The molecule has 0 spiro atoms. The molecule has 0 fully saturated rings. The number of nitriles is 1. The summed E-state index contributed by atoms with van der Waals surface area (Å²) < 4.78 is 0. The smallest absolute Gasteiger partial charge is 0.263 e. The Morgan fingerprint density at radius 2 is 2.00 bits per heavy atom. The van der Waals surface area contributed by atoms with Crippen molar-refractivity contribution in [2.45, 2.75) is 46.1 Å². The van der Waals surface area contributed by atoms with E-state index in [2.05, 4.69) is 30.5 Å². The lowest BCUT2D eigenvalue weighted by Crippen LogP contribution is -2.31. The predicted octanol–water partition coefficient (Wildman–Crippen LogP) is 3.54. The minimum absolute atomic E-state index is 0.00153. The van der Waals surface area contributed by atoms with Gasteiger partial charge in [0.2, 0.25) is 0 Å². The molecule has 0 aliphatic heterocycles. The number of nitrogens with one attached hydrogen (secondary N) is 2. The number of para-hydroxylation sites is 1. The molecule has 2 N–H and O–H groups in total. The highest BCUT2D eigenvalue weighted by Gasteiger charge is 2.11. The fraction of sp³-hybridized carbons (Fsp3) is 0.412. The van der Waals surface area contributed by atoms with Crippen LogP contribution in [0.2, 0.25) is 0 Å². The zero-order chi connectivity index (χ0) is 15.8. The highest BCUT2D eigenvalue weighted by Crippen LogP contribution is 2.26. The van der Waals surface area contributed by atoms with Crippen molar-refractivity contribution in [3.8, 4) is 6.07 Å². The van der Waals surface area contributed by atoms with E-state index in [1.807, 2.05) is 38.1 Å². The molecule has 0 radical (unpaired) electrons. The van der Waals surface area contributed by atoms with Crippen LogP contribution in [0.15, 0.2) is 36.0 Å². The monoisotopic (exact) mass is 285 g/mol. The summed E-state index contributed by atoms with van der Waals surface area (Å²) >= 11 is 0. The summed E-state index contributed by atoms with van der Waals surface area (Å²) in [5, 5.41) is 14.9.